The van der Waals surface area contributed by atoms with E-state index in [9.17, 15) is 5.11 Å². The van der Waals surface area contributed by atoms with Crippen molar-refractivity contribution in [2.24, 2.45) is 0 Å². The van der Waals surface area contributed by atoms with E-state index in [2.05, 4.69) is 11.1 Å². The van der Waals surface area contributed by atoms with Crippen molar-refractivity contribution in [3.8, 4) is 16.9 Å². The molecule has 1 N–H and O–H groups in total. The van der Waals surface area contributed by atoms with Crippen molar-refractivity contribution in [3.05, 3.63) is 80.6 Å². The van der Waals surface area contributed by atoms with Gasteiger partial charge in [0.1, 0.15) is 10.9 Å². The molecule has 0 aliphatic heterocycles. The van der Waals surface area contributed by atoms with Crippen LogP contribution in [0.5, 0.6) is 5.75 Å². The van der Waals surface area contributed by atoms with Gasteiger partial charge in [-0.05, 0) is 52.1 Å². The molecule has 1 aromatic heterocycles. The van der Waals surface area contributed by atoms with Gasteiger partial charge in [0.25, 0.3) is 0 Å². The summed E-state index contributed by atoms with van der Waals surface area (Å²) in [6.07, 6.45) is 2.21. The molecule has 0 aliphatic carbocycles. The van der Waals surface area contributed by atoms with Crippen LogP contribution in [0.2, 0.25) is 15.2 Å². The summed E-state index contributed by atoms with van der Waals surface area (Å²) in [4.78, 5) is 4.04. The highest BCUT2D eigenvalue weighted by molar-refractivity contribution is 6.36. The van der Waals surface area contributed by atoms with Crippen LogP contribution >= 0.6 is 34.8 Å². The van der Waals surface area contributed by atoms with Gasteiger partial charge in [-0.25, -0.2) is 4.98 Å². The minimum atomic E-state index is 0.0475. The fraction of sp³-hybridized carbons (Fsp3) is 0.150. The van der Waals surface area contributed by atoms with E-state index in [0.717, 1.165) is 27.8 Å². The first-order valence-corrected chi connectivity index (χ1v) is 9.01. The zero-order valence-electron chi connectivity index (χ0n) is 14.0. The van der Waals surface area contributed by atoms with Crippen LogP contribution in [0.4, 0.5) is 0 Å². The Morgan fingerprint density at radius 2 is 1.73 bits per heavy atom. The third-order valence-corrected chi connectivity index (χ3v) is 4.90. The number of aromatic nitrogens is 1. The quantitative estimate of drug-likeness (QED) is 0.515. The lowest BCUT2D eigenvalue weighted by atomic mass is 9.95. The molecule has 3 nitrogen and oxygen atoms in total. The zero-order chi connectivity index (χ0) is 18.7. The summed E-state index contributed by atoms with van der Waals surface area (Å²) in [6, 6.07) is 12.8. The Bertz CT molecular complexity index is 921. The summed E-state index contributed by atoms with van der Waals surface area (Å²) in [5.74, 6) is 0.0475. The van der Waals surface area contributed by atoms with E-state index in [-0.39, 0.29) is 5.75 Å². The molecule has 0 amide bonds. The van der Waals surface area contributed by atoms with E-state index in [0.29, 0.717) is 28.2 Å². The lowest BCUT2D eigenvalue weighted by molar-refractivity contribution is 0.185. The van der Waals surface area contributed by atoms with Gasteiger partial charge in [-0.1, -0.05) is 53.0 Å². The predicted octanol–water partition coefficient (Wildman–Crippen LogP) is 6.15. The summed E-state index contributed by atoms with van der Waals surface area (Å²) in [5.41, 5.74) is 4.81. The number of ether oxygens (including phenoxy) is 1. The number of benzene rings is 2. The van der Waals surface area contributed by atoms with E-state index in [1.807, 2.05) is 24.3 Å². The maximum Gasteiger partial charge on any atom is 0.129 e. The molecule has 0 fully saturated rings. The summed E-state index contributed by atoms with van der Waals surface area (Å²) in [7, 11) is 1.66. The average molecular weight is 409 g/mol. The van der Waals surface area contributed by atoms with Crippen LogP contribution in [0.25, 0.3) is 11.1 Å². The molecule has 0 aliphatic rings. The molecular formula is C20H16Cl3NO2. The van der Waals surface area contributed by atoms with Crippen molar-refractivity contribution in [1.82, 2.24) is 4.98 Å². The number of pyridine rings is 1. The van der Waals surface area contributed by atoms with Crippen molar-refractivity contribution < 1.29 is 9.84 Å². The molecule has 0 unspecified atom stereocenters. The molecule has 0 atom stereocenters. The summed E-state index contributed by atoms with van der Waals surface area (Å²) < 4.78 is 5.31. The Hall–Kier alpha value is -1.78. The molecule has 1 heterocycles. The van der Waals surface area contributed by atoms with Gasteiger partial charge in [-0.2, -0.15) is 0 Å². The number of nitrogens with zero attached hydrogens (tertiary/aromatic N) is 1. The van der Waals surface area contributed by atoms with E-state index < -0.39 is 0 Å². The lowest BCUT2D eigenvalue weighted by Crippen LogP contribution is -1.97. The lowest BCUT2D eigenvalue weighted by Gasteiger charge is -2.13. The monoisotopic (exact) mass is 407 g/mol. The van der Waals surface area contributed by atoms with Crippen LogP contribution in [0.15, 0.2) is 48.7 Å². The largest absolute Gasteiger partial charge is 0.508 e. The predicted molar refractivity (Wildman–Crippen MR) is 106 cm³/mol. The first-order chi connectivity index (χ1) is 12.5. The van der Waals surface area contributed by atoms with Crippen LogP contribution in [0, 0.1) is 0 Å². The highest BCUT2D eigenvalue weighted by Crippen LogP contribution is 2.33. The third-order valence-electron chi connectivity index (χ3n) is 4.02. The molecule has 0 bridgehead atoms. The number of rotatable bonds is 5. The second kappa shape index (κ2) is 8.28. The number of hydrogen-bond donors (Lipinski definition) is 1. The van der Waals surface area contributed by atoms with Gasteiger partial charge >= 0.3 is 0 Å². The van der Waals surface area contributed by atoms with Crippen LogP contribution in [0.1, 0.15) is 16.7 Å². The fourth-order valence-corrected chi connectivity index (χ4v) is 3.60. The Morgan fingerprint density at radius 1 is 1.00 bits per heavy atom. The van der Waals surface area contributed by atoms with Gasteiger partial charge in [-0.15, -0.1) is 0 Å². The van der Waals surface area contributed by atoms with Crippen molar-refractivity contribution in [2.75, 3.05) is 7.11 Å². The highest BCUT2D eigenvalue weighted by atomic mass is 35.5. The van der Waals surface area contributed by atoms with Gasteiger partial charge in [0.15, 0.2) is 0 Å². The minimum Gasteiger partial charge on any atom is -0.508 e. The molecule has 3 aromatic rings. The maximum atomic E-state index is 9.60. The van der Waals surface area contributed by atoms with E-state index in [1.165, 1.54) is 12.1 Å². The van der Waals surface area contributed by atoms with Crippen LogP contribution in [-0.4, -0.2) is 17.2 Å². The molecule has 26 heavy (non-hydrogen) atoms. The van der Waals surface area contributed by atoms with Gasteiger partial charge in [-0.3, -0.25) is 0 Å². The topological polar surface area (TPSA) is 42.4 Å². The molecule has 6 heteroatoms. The number of phenolic OH excluding ortho intramolecular Hbond substituents is 1. The van der Waals surface area contributed by atoms with E-state index in [1.54, 1.807) is 13.3 Å². The number of aromatic hydroxyl groups is 1. The van der Waals surface area contributed by atoms with E-state index in [4.69, 9.17) is 39.5 Å². The second-order valence-electron chi connectivity index (χ2n) is 5.86. The van der Waals surface area contributed by atoms with Crippen molar-refractivity contribution >= 4 is 34.8 Å². The molecular weight excluding hydrogens is 393 g/mol. The fourth-order valence-electron chi connectivity index (χ4n) is 2.82. The number of phenols is 1. The smallest absolute Gasteiger partial charge is 0.129 e. The van der Waals surface area contributed by atoms with Gasteiger partial charge in [0.2, 0.25) is 0 Å². The van der Waals surface area contributed by atoms with Crippen LogP contribution < -0.4 is 0 Å². The third kappa shape index (κ3) is 4.30. The molecule has 3 rings (SSSR count). The number of halogens is 3. The van der Waals surface area contributed by atoms with Crippen molar-refractivity contribution in [3.63, 3.8) is 0 Å². The number of methoxy groups -OCH3 is 1. The van der Waals surface area contributed by atoms with Crippen LogP contribution in [0.3, 0.4) is 0 Å². The Morgan fingerprint density at radius 3 is 2.38 bits per heavy atom. The molecule has 0 saturated heterocycles. The molecule has 0 saturated carbocycles. The first-order valence-electron chi connectivity index (χ1n) is 7.87. The molecule has 2 aromatic carbocycles. The molecule has 134 valence electrons. The SMILES string of the molecule is COCc1ccc(Cc2c(Cl)cc(O)cc2Cl)cc1-c1ccnc(Cl)c1. The standard InChI is InChI=1S/C20H16Cl3NO2/c1-26-11-14-3-2-12(6-16(14)13-4-5-24-20(23)8-13)7-17-18(21)9-15(25)10-19(17)22/h2-6,8-10,25H,7,11H2,1H3. The highest BCUT2D eigenvalue weighted by Gasteiger charge is 2.12. The Balaban J connectivity index is 2.03. The van der Waals surface area contributed by atoms with Gasteiger partial charge in [0.05, 0.1) is 6.61 Å². The van der Waals surface area contributed by atoms with E-state index >= 15 is 0 Å². The second-order valence-corrected chi connectivity index (χ2v) is 7.06. The van der Waals surface area contributed by atoms with Crippen molar-refractivity contribution in [1.29, 1.82) is 0 Å². The summed E-state index contributed by atoms with van der Waals surface area (Å²) >= 11 is 18.6. The Labute approximate surface area is 167 Å². The summed E-state index contributed by atoms with van der Waals surface area (Å²) in [6.45, 7) is 0.482. The number of hydrogen-bond acceptors (Lipinski definition) is 3. The molecule has 0 spiro atoms. The van der Waals surface area contributed by atoms with Gasteiger partial charge < -0.3 is 9.84 Å². The zero-order valence-corrected chi connectivity index (χ0v) is 16.2. The average Bonchev–Trinajstić information content (AvgIpc) is 2.59. The van der Waals surface area contributed by atoms with Gasteiger partial charge in [0, 0.05) is 29.8 Å². The normalized spacial score (nSPS) is 10.9. The first kappa shape index (κ1) is 19.0. The summed E-state index contributed by atoms with van der Waals surface area (Å²) in [5, 5.41) is 10.9. The van der Waals surface area contributed by atoms with Crippen LogP contribution in [-0.2, 0) is 17.8 Å². The minimum absolute atomic E-state index is 0.0475. The van der Waals surface area contributed by atoms with Crippen molar-refractivity contribution in [2.45, 2.75) is 13.0 Å². The maximum absolute atomic E-state index is 9.60. The Kier molecular flexibility index (Phi) is 6.05. The molecule has 0 radical (unpaired) electrons.